The van der Waals surface area contributed by atoms with Crippen molar-refractivity contribution in [3.05, 3.63) is 17.9 Å². The molecule has 1 saturated heterocycles. The lowest BCUT2D eigenvalue weighted by molar-refractivity contribution is 0.298. The lowest BCUT2D eigenvalue weighted by Gasteiger charge is -2.15. The molecule has 0 amide bonds. The molecule has 92 valence electrons. The second-order valence-corrected chi connectivity index (χ2v) is 4.15. The molecule has 6 heteroatoms. The van der Waals surface area contributed by atoms with Gasteiger partial charge in [0.2, 0.25) is 11.2 Å². The van der Waals surface area contributed by atoms with Crippen molar-refractivity contribution in [1.82, 2.24) is 15.0 Å². The van der Waals surface area contributed by atoms with E-state index in [4.69, 9.17) is 16.3 Å². The van der Waals surface area contributed by atoms with Gasteiger partial charge >= 0.3 is 6.01 Å². The van der Waals surface area contributed by atoms with Crippen molar-refractivity contribution in [1.29, 1.82) is 0 Å². The monoisotopic (exact) mass is 254 g/mol. The fourth-order valence-corrected chi connectivity index (χ4v) is 1.83. The van der Waals surface area contributed by atoms with Gasteiger partial charge in [-0.15, -0.1) is 6.58 Å². The predicted molar refractivity (Wildman–Crippen MR) is 66.6 cm³/mol. The highest BCUT2D eigenvalue weighted by atomic mass is 35.5. The maximum absolute atomic E-state index is 5.85. The van der Waals surface area contributed by atoms with Gasteiger partial charge in [-0.05, 0) is 30.9 Å². The lowest BCUT2D eigenvalue weighted by atomic mass is 10.4. The van der Waals surface area contributed by atoms with Crippen LogP contribution in [-0.2, 0) is 0 Å². The Labute approximate surface area is 105 Å². The quantitative estimate of drug-likeness (QED) is 0.595. The minimum Gasteiger partial charge on any atom is -0.463 e. The van der Waals surface area contributed by atoms with E-state index < -0.39 is 0 Å². The molecule has 0 unspecified atom stereocenters. The van der Waals surface area contributed by atoms with Crippen LogP contribution in [-0.4, -0.2) is 34.6 Å². The fourth-order valence-electron chi connectivity index (χ4n) is 1.68. The first kappa shape index (κ1) is 12.1. The summed E-state index contributed by atoms with van der Waals surface area (Å²) in [5, 5.41) is 0.176. The SMILES string of the molecule is C=CCCOc1nc(Cl)nc(N2CCCC2)n1. The predicted octanol–water partition coefficient (Wildman–Crippen LogP) is 2.08. The third-order valence-electron chi connectivity index (χ3n) is 2.52. The van der Waals surface area contributed by atoms with E-state index in [1.807, 2.05) is 0 Å². The fraction of sp³-hybridized carbons (Fsp3) is 0.545. The zero-order valence-corrected chi connectivity index (χ0v) is 10.4. The van der Waals surface area contributed by atoms with Gasteiger partial charge in [0, 0.05) is 13.1 Å². The van der Waals surface area contributed by atoms with Crippen molar-refractivity contribution >= 4 is 17.5 Å². The highest BCUT2D eigenvalue weighted by Gasteiger charge is 2.17. The largest absolute Gasteiger partial charge is 0.463 e. The molecule has 2 heterocycles. The maximum Gasteiger partial charge on any atom is 0.322 e. The molecule has 0 aliphatic carbocycles. The Hall–Kier alpha value is -1.36. The summed E-state index contributed by atoms with van der Waals surface area (Å²) in [6.45, 7) is 6.06. The van der Waals surface area contributed by atoms with E-state index in [0.717, 1.165) is 32.4 Å². The summed E-state index contributed by atoms with van der Waals surface area (Å²) < 4.78 is 5.38. The molecular formula is C11H15ClN4O. The summed E-state index contributed by atoms with van der Waals surface area (Å²) in [5.74, 6) is 0.608. The molecule has 0 saturated carbocycles. The van der Waals surface area contributed by atoms with Crippen LogP contribution in [0.15, 0.2) is 12.7 Å². The first-order valence-corrected chi connectivity index (χ1v) is 6.07. The zero-order chi connectivity index (χ0) is 12.1. The van der Waals surface area contributed by atoms with E-state index in [0.29, 0.717) is 12.6 Å². The molecule has 0 N–H and O–H groups in total. The Morgan fingerprint density at radius 2 is 2.06 bits per heavy atom. The molecule has 1 aliphatic heterocycles. The summed E-state index contributed by atoms with van der Waals surface area (Å²) in [7, 11) is 0. The van der Waals surface area contributed by atoms with Crippen LogP contribution in [0, 0.1) is 0 Å². The first-order chi connectivity index (χ1) is 8.29. The summed E-state index contributed by atoms with van der Waals surface area (Å²) >= 11 is 5.85. The van der Waals surface area contributed by atoms with E-state index in [2.05, 4.69) is 26.4 Å². The van der Waals surface area contributed by atoms with Gasteiger partial charge in [-0.2, -0.15) is 15.0 Å². The third kappa shape index (κ3) is 3.30. The normalized spacial score (nSPS) is 15.0. The van der Waals surface area contributed by atoms with Gasteiger partial charge in [0.25, 0.3) is 0 Å². The van der Waals surface area contributed by atoms with Crippen molar-refractivity contribution in [2.75, 3.05) is 24.6 Å². The van der Waals surface area contributed by atoms with Gasteiger partial charge < -0.3 is 9.64 Å². The number of halogens is 1. The van der Waals surface area contributed by atoms with Gasteiger partial charge in [0.1, 0.15) is 0 Å². The smallest absolute Gasteiger partial charge is 0.322 e. The third-order valence-corrected chi connectivity index (χ3v) is 2.69. The summed E-state index contributed by atoms with van der Waals surface area (Å²) in [6, 6.07) is 0.286. The Balaban J connectivity index is 2.08. The van der Waals surface area contributed by atoms with Crippen molar-refractivity contribution in [2.24, 2.45) is 0 Å². The molecule has 17 heavy (non-hydrogen) atoms. The highest BCUT2D eigenvalue weighted by molar-refractivity contribution is 6.28. The number of ether oxygens (including phenoxy) is 1. The lowest BCUT2D eigenvalue weighted by Crippen LogP contribution is -2.21. The molecule has 0 aromatic carbocycles. The van der Waals surface area contributed by atoms with Crippen LogP contribution in [0.2, 0.25) is 5.28 Å². The molecule has 5 nitrogen and oxygen atoms in total. The highest BCUT2D eigenvalue weighted by Crippen LogP contribution is 2.19. The Morgan fingerprint density at radius 1 is 1.29 bits per heavy atom. The molecule has 1 fully saturated rings. The molecule has 1 aliphatic rings. The zero-order valence-electron chi connectivity index (χ0n) is 9.60. The average molecular weight is 255 g/mol. The summed E-state index contributed by atoms with van der Waals surface area (Å²) in [4.78, 5) is 14.4. The number of hydrogen-bond donors (Lipinski definition) is 0. The number of nitrogens with zero attached hydrogens (tertiary/aromatic N) is 4. The molecule has 0 spiro atoms. The minimum atomic E-state index is 0.176. The van der Waals surface area contributed by atoms with Crippen LogP contribution in [0.1, 0.15) is 19.3 Å². The van der Waals surface area contributed by atoms with Gasteiger partial charge in [-0.3, -0.25) is 0 Å². The molecule has 1 aromatic rings. The van der Waals surface area contributed by atoms with E-state index in [1.165, 1.54) is 0 Å². The Bertz CT molecular complexity index is 393. The first-order valence-electron chi connectivity index (χ1n) is 5.70. The van der Waals surface area contributed by atoms with Crippen LogP contribution in [0.25, 0.3) is 0 Å². The van der Waals surface area contributed by atoms with E-state index >= 15 is 0 Å². The Morgan fingerprint density at radius 3 is 2.76 bits per heavy atom. The van der Waals surface area contributed by atoms with Crippen molar-refractivity contribution < 1.29 is 4.74 Å². The molecular weight excluding hydrogens is 240 g/mol. The number of hydrogen-bond acceptors (Lipinski definition) is 5. The van der Waals surface area contributed by atoms with Crippen LogP contribution in [0.5, 0.6) is 6.01 Å². The van der Waals surface area contributed by atoms with Gasteiger partial charge in [-0.1, -0.05) is 6.08 Å². The molecule has 1 aromatic heterocycles. The van der Waals surface area contributed by atoms with Crippen molar-refractivity contribution in [2.45, 2.75) is 19.3 Å². The minimum absolute atomic E-state index is 0.176. The number of rotatable bonds is 5. The second-order valence-electron chi connectivity index (χ2n) is 3.81. The second kappa shape index (κ2) is 5.82. The van der Waals surface area contributed by atoms with Crippen LogP contribution in [0.4, 0.5) is 5.95 Å². The van der Waals surface area contributed by atoms with E-state index in [1.54, 1.807) is 6.08 Å². The Kier molecular flexibility index (Phi) is 4.14. The molecule has 0 bridgehead atoms. The molecule has 0 atom stereocenters. The van der Waals surface area contributed by atoms with Crippen LogP contribution in [0.3, 0.4) is 0 Å². The maximum atomic E-state index is 5.85. The van der Waals surface area contributed by atoms with Gasteiger partial charge in [-0.25, -0.2) is 0 Å². The molecule has 2 rings (SSSR count). The summed E-state index contributed by atoms with van der Waals surface area (Å²) in [5.41, 5.74) is 0. The average Bonchev–Trinajstić information content (AvgIpc) is 2.82. The van der Waals surface area contributed by atoms with Gasteiger partial charge in [0.05, 0.1) is 6.61 Å². The number of aromatic nitrogens is 3. The topological polar surface area (TPSA) is 51.1 Å². The van der Waals surface area contributed by atoms with Crippen molar-refractivity contribution in [3.63, 3.8) is 0 Å². The summed E-state index contributed by atoms with van der Waals surface area (Å²) in [6.07, 6.45) is 4.86. The van der Waals surface area contributed by atoms with E-state index in [-0.39, 0.29) is 11.3 Å². The van der Waals surface area contributed by atoms with Crippen LogP contribution >= 0.6 is 11.6 Å². The standard InChI is InChI=1S/C11H15ClN4O/c1-2-3-8-17-11-14-9(12)13-10(15-11)16-6-4-5-7-16/h2H,1,3-8H2. The number of anilines is 1. The van der Waals surface area contributed by atoms with Crippen molar-refractivity contribution in [3.8, 4) is 6.01 Å². The van der Waals surface area contributed by atoms with E-state index in [9.17, 15) is 0 Å². The molecule has 0 radical (unpaired) electrons. The van der Waals surface area contributed by atoms with Gasteiger partial charge in [0.15, 0.2) is 0 Å². The van der Waals surface area contributed by atoms with Crippen LogP contribution < -0.4 is 9.64 Å².